The molecule has 0 radical (unpaired) electrons. The van der Waals surface area contributed by atoms with Gasteiger partial charge in [-0.25, -0.2) is 4.79 Å². The van der Waals surface area contributed by atoms with Crippen molar-refractivity contribution in [3.8, 4) is 0 Å². The lowest BCUT2D eigenvalue weighted by molar-refractivity contribution is -0.122. The third-order valence-electron chi connectivity index (χ3n) is 3.64. The van der Waals surface area contributed by atoms with Gasteiger partial charge in [-0.05, 0) is 11.6 Å². The highest BCUT2D eigenvalue weighted by Crippen LogP contribution is 2.36. The molecule has 1 aliphatic rings. The van der Waals surface area contributed by atoms with E-state index >= 15 is 0 Å². The molecule has 1 atom stereocenters. The minimum atomic E-state index is -4.59. The molecular weight excluding hydrogens is 320 g/mol. The summed E-state index contributed by atoms with van der Waals surface area (Å²) in [6.07, 6.45) is 0. The topological polar surface area (TPSA) is 113 Å². The Morgan fingerprint density at radius 3 is 2.09 bits per heavy atom. The molecule has 8 heteroatoms. The molecule has 1 fully saturated rings. The van der Waals surface area contributed by atoms with Crippen LogP contribution in [0.2, 0.25) is 0 Å². The quantitative estimate of drug-likeness (QED) is 0.574. The molecule has 0 aromatic heterocycles. The highest BCUT2D eigenvalue weighted by molar-refractivity contribution is 7.85. The molecule has 1 saturated heterocycles. The number of benzene rings is 2. The van der Waals surface area contributed by atoms with E-state index in [4.69, 9.17) is 0 Å². The fourth-order valence-corrected chi connectivity index (χ4v) is 3.44. The SMILES string of the molecule is O=C1NC(=O)C(c2ccccc2)(c2ccccc2S(=O)(=O)O)N1. The number of nitrogens with one attached hydrogen (secondary N) is 2. The van der Waals surface area contributed by atoms with Gasteiger partial charge in [0.15, 0.2) is 5.54 Å². The van der Waals surface area contributed by atoms with Gasteiger partial charge < -0.3 is 5.32 Å². The summed E-state index contributed by atoms with van der Waals surface area (Å²) in [5.74, 6) is -0.718. The summed E-state index contributed by atoms with van der Waals surface area (Å²) in [5.41, 5.74) is -1.39. The molecule has 1 aliphatic heterocycles. The summed E-state index contributed by atoms with van der Waals surface area (Å²) in [5, 5.41) is 4.60. The molecule has 118 valence electrons. The van der Waals surface area contributed by atoms with Crippen molar-refractivity contribution >= 4 is 22.1 Å². The molecule has 0 bridgehead atoms. The molecular formula is C15H12N2O5S. The summed E-state index contributed by atoms with van der Waals surface area (Å²) >= 11 is 0. The van der Waals surface area contributed by atoms with E-state index in [9.17, 15) is 22.6 Å². The lowest BCUT2D eigenvalue weighted by Crippen LogP contribution is -2.45. The predicted octanol–water partition coefficient (Wildman–Crippen LogP) is 1.02. The van der Waals surface area contributed by atoms with Gasteiger partial charge in [0.2, 0.25) is 0 Å². The lowest BCUT2D eigenvalue weighted by atomic mass is 9.83. The molecule has 23 heavy (non-hydrogen) atoms. The number of carbonyl (C=O) groups is 2. The van der Waals surface area contributed by atoms with Gasteiger partial charge in [0.05, 0.1) is 0 Å². The minimum absolute atomic E-state index is 0.0305. The molecule has 2 aromatic carbocycles. The molecule has 2 aromatic rings. The predicted molar refractivity (Wildman–Crippen MR) is 80.2 cm³/mol. The van der Waals surface area contributed by atoms with Crippen LogP contribution < -0.4 is 10.6 Å². The standard InChI is InChI=1S/C15H12N2O5S/c18-13-15(17-14(19)16-13,10-6-2-1-3-7-10)11-8-4-5-9-12(11)23(20,21)22/h1-9H,(H,20,21,22)(H2,16,17,18,19). The van der Waals surface area contributed by atoms with E-state index in [1.165, 1.54) is 24.3 Å². The second-order valence-corrected chi connectivity index (χ2v) is 6.39. The van der Waals surface area contributed by atoms with Crippen molar-refractivity contribution in [1.82, 2.24) is 10.6 Å². The Kier molecular flexibility index (Phi) is 3.42. The molecule has 0 spiro atoms. The van der Waals surface area contributed by atoms with Crippen LogP contribution in [0.5, 0.6) is 0 Å². The summed E-state index contributed by atoms with van der Waals surface area (Å²) in [6, 6.07) is 13.0. The van der Waals surface area contributed by atoms with Crippen LogP contribution in [-0.4, -0.2) is 24.9 Å². The second kappa shape index (κ2) is 5.18. The van der Waals surface area contributed by atoms with Crippen molar-refractivity contribution in [3.05, 3.63) is 65.7 Å². The van der Waals surface area contributed by atoms with Crippen LogP contribution >= 0.6 is 0 Å². The smallest absolute Gasteiger partial charge is 0.316 e. The number of urea groups is 1. The zero-order valence-corrected chi connectivity index (χ0v) is 12.5. The van der Waals surface area contributed by atoms with Gasteiger partial charge in [0, 0.05) is 5.56 Å². The molecule has 7 nitrogen and oxygen atoms in total. The first-order valence-electron chi connectivity index (χ1n) is 6.62. The lowest BCUT2D eigenvalue weighted by Gasteiger charge is -2.28. The van der Waals surface area contributed by atoms with Crippen LogP contribution in [0.1, 0.15) is 11.1 Å². The third kappa shape index (κ3) is 2.37. The van der Waals surface area contributed by atoms with E-state index in [0.717, 1.165) is 0 Å². The van der Waals surface area contributed by atoms with Gasteiger partial charge in [-0.15, -0.1) is 0 Å². The van der Waals surface area contributed by atoms with Gasteiger partial charge in [-0.3, -0.25) is 14.7 Å². The Labute approximate surface area is 132 Å². The van der Waals surface area contributed by atoms with E-state index < -0.39 is 32.5 Å². The number of imide groups is 1. The van der Waals surface area contributed by atoms with E-state index in [1.807, 2.05) is 0 Å². The van der Waals surface area contributed by atoms with Gasteiger partial charge >= 0.3 is 6.03 Å². The Hall–Kier alpha value is -2.71. The normalized spacial score (nSPS) is 20.9. The number of hydrogen-bond acceptors (Lipinski definition) is 4. The van der Waals surface area contributed by atoms with Crippen LogP contribution in [0, 0.1) is 0 Å². The maximum Gasteiger partial charge on any atom is 0.322 e. The van der Waals surface area contributed by atoms with Crippen molar-refractivity contribution in [2.24, 2.45) is 0 Å². The fraction of sp³-hybridized carbons (Fsp3) is 0.0667. The molecule has 1 heterocycles. The monoisotopic (exact) mass is 332 g/mol. The summed E-state index contributed by atoms with van der Waals surface area (Å²) < 4.78 is 32.8. The second-order valence-electron chi connectivity index (χ2n) is 5.00. The van der Waals surface area contributed by atoms with Crippen molar-refractivity contribution in [1.29, 1.82) is 0 Å². The molecule has 0 saturated carbocycles. The number of rotatable bonds is 3. The first-order chi connectivity index (χ1) is 10.9. The van der Waals surface area contributed by atoms with Crippen molar-refractivity contribution in [2.45, 2.75) is 10.4 Å². The van der Waals surface area contributed by atoms with Crippen LogP contribution in [0.15, 0.2) is 59.5 Å². The first-order valence-corrected chi connectivity index (χ1v) is 8.06. The zero-order valence-electron chi connectivity index (χ0n) is 11.7. The highest BCUT2D eigenvalue weighted by Gasteiger charge is 2.51. The van der Waals surface area contributed by atoms with E-state index in [1.54, 1.807) is 30.3 Å². The molecule has 3 amide bonds. The number of hydrogen-bond donors (Lipinski definition) is 3. The largest absolute Gasteiger partial charge is 0.322 e. The zero-order chi connectivity index (χ0) is 16.7. The van der Waals surface area contributed by atoms with E-state index in [-0.39, 0.29) is 5.56 Å². The molecule has 3 rings (SSSR count). The van der Waals surface area contributed by atoms with Crippen molar-refractivity contribution < 1.29 is 22.6 Å². The first kappa shape index (κ1) is 15.2. The summed E-state index contributed by atoms with van der Waals surface area (Å²) in [7, 11) is -4.59. The van der Waals surface area contributed by atoms with E-state index in [2.05, 4.69) is 10.6 Å². The van der Waals surface area contributed by atoms with Gasteiger partial charge in [-0.2, -0.15) is 8.42 Å². The van der Waals surface area contributed by atoms with E-state index in [0.29, 0.717) is 5.56 Å². The Bertz CT molecular complexity index is 895. The average Bonchev–Trinajstić information content (AvgIpc) is 2.83. The van der Waals surface area contributed by atoms with Crippen LogP contribution in [0.4, 0.5) is 4.79 Å². The molecule has 1 unspecified atom stereocenters. The van der Waals surface area contributed by atoms with Crippen molar-refractivity contribution in [3.63, 3.8) is 0 Å². The Morgan fingerprint density at radius 2 is 1.52 bits per heavy atom. The number of carbonyl (C=O) groups excluding carboxylic acids is 2. The highest BCUT2D eigenvalue weighted by atomic mass is 32.2. The third-order valence-corrected chi connectivity index (χ3v) is 4.56. The summed E-state index contributed by atoms with van der Waals surface area (Å²) in [4.78, 5) is 23.8. The fourth-order valence-electron chi connectivity index (χ4n) is 2.69. The maximum atomic E-state index is 12.5. The Balaban J connectivity index is 2.36. The summed E-state index contributed by atoms with van der Waals surface area (Å²) in [6.45, 7) is 0. The number of amides is 3. The van der Waals surface area contributed by atoms with Crippen LogP contribution in [-0.2, 0) is 20.5 Å². The van der Waals surface area contributed by atoms with Gasteiger partial charge in [0.25, 0.3) is 16.0 Å². The molecule has 0 aliphatic carbocycles. The van der Waals surface area contributed by atoms with Crippen LogP contribution in [0.3, 0.4) is 0 Å². The maximum absolute atomic E-state index is 12.5. The van der Waals surface area contributed by atoms with Gasteiger partial charge in [0.1, 0.15) is 4.90 Å². The van der Waals surface area contributed by atoms with Gasteiger partial charge in [-0.1, -0.05) is 48.5 Å². The van der Waals surface area contributed by atoms with Crippen LogP contribution in [0.25, 0.3) is 0 Å². The van der Waals surface area contributed by atoms with Crippen molar-refractivity contribution in [2.75, 3.05) is 0 Å². The minimum Gasteiger partial charge on any atom is -0.316 e. The average molecular weight is 332 g/mol. The molecule has 3 N–H and O–H groups in total. The Morgan fingerprint density at radius 1 is 0.913 bits per heavy atom.